The molecular formula is C13H14N2OS2. The molecule has 3 nitrogen and oxygen atoms in total. The van der Waals surface area contributed by atoms with E-state index in [1.165, 1.54) is 5.75 Å². The van der Waals surface area contributed by atoms with Crippen molar-refractivity contribution in [3.05, 3.63) is 35.4 Å². The van der Waals surface area contributed by atoms with Gasteiger partial charge < -0.3 is 5.32 Å². The van der Waals surface area contributed by atoms with E-state index < -0.39 is 0 Å². The van der Waals surface area contributed by atoms with Crippen LogP contribution in [-0.2, 0) is 0 Å². The molecule has 0 aliphatic carbocycles. The first-order chi connectivity index (χ1) is 8.79. The Labute approximate surface area is 115 Å². The molecule has 5 heteroatoms. The number of amides is 1. The molecule has 1 N–H and O–H groups in total. The quantitative estimate of drug-likeness (QED) is 0.920. The second-order valence-electron chi connectivity index (χ2n) is 3.97. The molecule has 1 aromatic carbocycles. The number of hydrogen-bond donors (Lipinski definition) is 1. The second-order valence-corrected chi connectivity index (χ2v) is 6.53. The molecule has 1 aromatic rings. The molecule has 18 heavy (non-hydrogen) atoms. The zero-order valence-corrected chi connectivity index (χ0v) is 11.5. The summed E-state index contributed by atoms with van der Waals surface area (Å²) >= 11 is 3.86. The van der Waals surface area contributed by atoms with E-state index in [1.54, 1.807) is 24.3 Å². The largest absolute Gasteiger partial charge is 0.351 e. The summed E-state index contributed by atoms with van der Waals surface area (Å²) in [7, 11) is 0. The van der Waals surface area contributed by atoms with E-state index in [0.29, 0.717) is 22.9 Å². The Kier molecular flexibility index (Phi) is 4.97. The topological polar surface area (TPSA) is 52.9 Å². The molecule has 0 aromatic heterocycles. The predicted molar refractivity (Wildman–Crippen MR) is 77.1 cm³/mol. The summed E-state index contributed by atoms with van der Waals surface area (Å²) in [5.74, 6) is 3.38. The van der Waals surface area contributed by atoms with Gasteiger partial charge in [0.25, 0.3) is 5.91 Å². The number of carbonyl (C=O) groups excluding carboxylic acids is 1. The summed E-state index contributed by atoms with van der Waals surface area (Å²) in [6, 6.07) is 8.83. The Morgan fingerprint density at radius 3 is 3.11 bits per heavy atom. The molecule has 0 bridgehead atoms. The van der Waals surface area contributed by atoms with Gasteiger partial charge in [-0.25, -0.2) is 0 Å². The number of nitrogens with zero attached hydrogens (tertiary/aromatic N) is 1. The highest BCUT2D eigenvalue weighted by Crippen LogP contribution is 2.23. The number of nitriles is 1. The molecule has 0 saturated carbocycles. The molecular weight excluding hydrogens is 264 g/mol. The van der Waals surface area contributed by atoms with Gasteiger partial charge in [0.1, 0.15) is 0 Å². The van der Waals surface area contributed by atoms with Crippen LogP contribution >= 0.6 is 23.5 Å². The van der Waals surface area contributed by atoms with Gasteiger partial charge in [0, 0.05) is 34.6 Å². The summed E-state index contributed by atoms with van der Waals surface area (Å²) in [5, 5.41) is 12.2. The molecule has 1 fully saturated rings. The Hall–Kier alpha value is -1.12. The lowest BCUT2D eigenvalue weighted by Crippen LogP contribution is -2.33. The Morgan fingerprint density at radius 1 is 1.50 bits per heavy atom. The maximum absolute atomic E-state index is 11.9. The number of carbonyl (C=O) groups is 1. The molecule has 1 atom stereocenters. The van der Waals surface area contributed by atoms with E-state index in [2.05, 4.69) is 5.32 Å². The molecule has 1 saturated heterocycles. The number of nitrogens with one attached hydrogen (secondary N) is 1. The molecule has 0 spiro atoms. The summed E-state index contributed by atoms with van der Waals surface area (Å²) in [6.07, 6.45) is 0. The average molecular weight is 278 g/mol. The lowest BCUT2D eigenvalue weighted by Gasteiger charge is -2.21. The molecule has 1 aliphatic heterocycles. The van der Waals surface area contributed by atoms with Crippen LogP contribution in [0.4, 0.5) is 0 Å². The molecule has 1 amide bonds. The van der Waals surface area contributed by atoms with Crippen LogP contribution in [0, 0.1) is 11.3 Å². The van der Waals surface area contributed by atoms with Gasteiger partial charge in [-0.2, -0.15) is 28.8 Å². The van der Waals surface area contributed by atoms with Crippen molar-refractivity contribution in [2.75, 3.05) is 23.8 Å². The van der Waals surface area contributed by atoms with Gasteiger partial charge in [-0.15, -0.1) is 0 Å². The van der Waals surface area contributed by atoms with Crippen LogP contribution in [0.2, 0.25) is 0 Å². The Balaban J connectivity index is 1.89. The van der Waals surface area contributed by atoms with Gasteiger partial charge in [-0.3, -0.25) is 4.79 Å². The zero-order valence-electron chi connectivity index (χ0n) is 9.89. The van der Waals surface area contributed by atoms with Crippen molar-refractivity contribution < 1.29 is 4.79 Å². The fourth-order valence-corrected chi connectivity index (χ4v) is 4.30. The summed E-state index contributed by atoms with van der Waals surface area (Å²) in [6.45, 7) is 0.702. The normalized spacial score (nSPS) is 18.9. The summed E-state index contributed by atoms with van der Waals surface area (Å²) < 4.78 is 0. The average Bonchev–Trinajstić information content (AvgIpc) is 2.46. The van der Waals surface area contributed by atoms with Crippen molar-refractivity contribution in [2.24, 2.45) is 0 Å². The highest BCUT2D eigenvalue weighted by Gasteiger charge is 2.15. The molecule has 1 heterocycles. The van der Waals surface area contributed by atoms with Crippen molar-refractivity contribution in [3.8, 4) is 6.07 Å². The van der Waals surface area contributed by atoms with Crippen molar-refractivity contribution in [3.63, 3.8) is 0 Å². The first-order valence-electron chi connectivity index (χ1n) is 5.77. The molecule has 1 unspecified atom stereocenters. The fourth-order valence-electron chi connectivity index (χ4n) is 1.69. The van der Waals surface area contributed by atoms with Crippen molar-refractivity contribution in [1.29, 1.82) is 5.26 Å². The lowest BCUT2D eigenvalue weighted by molar-refractivity contribution is 0.0954. The summed E-state index contributed by atoms with van der Waals surface area (Å²) in [5.41, 5.74) is 1.08. The monoisotopic (exact) mass is 278 g/mol. The number of thioether (sulfide) groups is 2. The van der Waals surface area contributed by atoms with E-state index >= 15 is 0 Å². The van der Waals surface area contributed by atoms with Gasteiger partial charge in [0.05, 0.1) is 11.6 Å². The van der Waals surface area contributed by atoms with Crippen LogP contribution in [0.25, 0.3) is 0 Å². The second kappa shape index (κ2) is 6.72. The minimum atomic E-state index is -0.0942. The first-order valence-corrected chi connectivity index (χ1v) is 7.97. The van der Waals surface area contributed by atoms with Crippen LogP contribution in [0.1, 0.15) is 15.9 Å². The number of hydrogen-bond acceptors (Lipinski definition) is 4. The van der Waals surface area contributed by atoms with Crippen LogP contribution in [0.3, 0.4) is 0 Å². The molecule has 2 rings (SSSR count). The smallest absolute Gasteiger partial charge is 0.251 e. The van der Waals surface area contributed by atoms with Gasteiger partial charge in [-0.05, 0) is 18.2 Å². The maximum atomic E-state index is 11.9. The zero-order chi connectivity index (χ0) is 12.8. The molecule has 1 aliphatic rings. The fraction of sp³-hybridized carbons (Fsp3) is 0.385. The first kappa shape index (κ1) is 13.3. The summed E-state index contributed by atoms with van der Waals surface area (Å²) in [4.78, 5) is 11.9. The highest BCUT2D eigenvalue weighted by atomic mass is 32.2. The molecule has 94 valence electrons. The van der Waals surface area contributed by atoms with Crippen molar-refractivity contribution >= 4 is 29.4 Å². The van der Waals surface area contributed by atoms with E-state index in [4.69, 9.17) is 5.26 Å². The minimum Gasteiger partial charge on any atom is -0.351 e. The van der Waals surface area contributed by atoms with E-state index in [9.17, 15) is 4.79 Å². The third-order valence-corrected chi connectivity index (χ3v) is 5.47. The third kappa shape index (κ3) is 3.69. The van der Waals surface area contributed by atoms with Crippen LogP contribution in [0.5, 0.6) is 0 Å². The Morgan fingerprint density at radius 2 is 2.39 bits per heavy atom. The predicted octanol–water partition coefficient (Wildman–Crippen LogP) is 2.14. The SMILES string of the molecule is N#Cc1cccc(C(=O)NCC2CSCCS2)c1. The highest BCUT2D eigenvalue weighted by molar-refractivity contribution is 8.06. The van der Waals surface area contributed by atoms with E-state index in [0.717, 1.165) is 11.5 Å². The lowest BCUT2D eigenvalue weighted by atomic mass is 10.1. The van der Waals surface area contributed by atoms with Gasteiger partial charge in [0.15, 0.2) is 0 Å². The van der Waals surface area contributed by atoms with Crippen LogP contribution in [-0.4, -0.2) is 35.0 Å². The third-order valence-electron chi connectivity index (χ3n) is 2.63. The van der Waals surface area contributed by atoms with E-state index in [-0.39, 0.29) is 5.91 Å². The van der Waals surface area contributed by atoms with Crippen LogP contribution in [0.15, 0.2) is 24.3 Å². The van der Waals surface area contributed by atoms with Crippen LogP contribution < -0.4 is 5.32 Å². The Bertz CT molecular complexity index is 464. The van der Waals surface area contributed by atoms with Gasteiger partial charge in [-0.1, -0.05) is 6.07 Å². The maximum Gasteiger partial charge on any atom is 0.251 e. The van der Waals surface area contributed by atoms with Gasteiger partial charge >= 0.3 is 0 Å². The minimum absolute atomic E-state index is 0.0942. The van der Waals surface area contributed by atoms with E-state index in [1.807, 2.05) is 29.6 Å². The standard InChI is InChI=1S/C13H14N2OS2/c14-7-10-2-1-3-11(6-10)13(16)15-8-12-9-17-4-5-18-12/h1-3,6,12H,4-5,8-9H2,(H,15,16). The molecule has 0 radical (unpaired) electrons. The van der Waals surface area contributed by atoms with Gasteiger partial charge in [0.2, 0.25) is 0 Å². The van der Waals surface area contributed by atoms with Crippen molar-refractivity contribution in [1.82, 2.24) is 5.32 Å². The van der Waals surface area contributed by atoms with Crippen molar-refractivity contribution in [2.45, 2.75) is 5.25 Å². The number of rotatable bonds is 3. The number of benzene rings is 1.